The van der Waals surface area contributed by atoms with E-state index in [2.05, 4.69) is 0 Å². The van der Waals surface area contributed by atoms with Crippen molar-refractivity contribution in [1.82, 2.24) is 4.72 Å². The third-order valence-electron chi connectivity index (χ3n) is 4.63. The number of hydrogen-bond acceptors (Lipinski definition) is 2. The second-order valence-corrected chi connectivity index (χ2v) is 8.42. The highest BCUT2D eigenvalue weighted by molar-refractivity contribution is 7.89. The van der Waals surface area contributed by atoms with Crippen molar-refractivity contribution in [3.63, 3.8) is 0 Å². The van der Waals surface area contributed by atoms with Gasteiger partial charge in [0, 0.05) is 0 Å². The van der Waals surface area contributed by atoms with Crippen LogP contribution >= 0.6 is 0 Å². The average Bonchev–Trinajstić information content (AvgIpc) is 2.43. The Labute approximate surface area is 141 Å². The van der Waals surface area contributed by atoms with Crippen molar-refractivity contribution in [3.8, 4) is 0 Å². The standard InChI is InChI=1S/C17H24F3NO2S/c1-11-9-12(2)15(13(3)10-11)24(22,23)21-16(17(18,19)20)14-7-5-4-6-8-14/h9-10,14,16,21H,4-8H2,1-3H3/t16-/m0/s1. The average molecular weight is 363 g/mol. The molecule has 0 unspecified atom stereocenters. The molecule has 24 heavy (non-hydrogen) atoms. The van der Waals surface area contributed by atoms with Gasteiger partial charge in [-0.2, -0.15) is 17.9 Å². The van der Waals surface area contributed by atoms with Crippen molar-refractivity contribution in [1.29, 1.82) is 0 Å². The van der Waals surface area contributed by atoms with Crippen LogP contribution in [0.15, 0.2) is 17.0 Å². The maximum Gasteiger partial charge on any atom is 0.405 e. The first kappa shape index (κ1) is 19.2. The van der Waals surface area contributed by atoms with Crippen molar-refractivity contribution >= 4 is 10.0 Å². The molecule has 0 spiro atoms. The Morgan fingerprint density at radius 1 is 1.04 bits per heavy atom. The van der Waals surface area contributed by atoms with E-state index in [1.807, 2.05) is 11.6 Å². The lowest BCUT2D eigenvalue weighted by Crippen LogP contribution is -2.50. The lowest BCUT2D eigenvalue weighted by atomic mass is 9.84. The second-order valence-electron chi connectivity index (χ2n) is 6.77. The highest BCUT2D eigenvalue weighted by Gasteiger charge is 2.47. The van der Waals surface area contributed by atoms with E-state index in [4.69, 9.17) is 0 Å². The smallest absolute Gasteiger partial charge is 0.207 e. The molecule has 1 saturated carbocycles. The molecule has 1 aromatic carbocycles. The zero-order valence-corrected chi connectivity index (χ0v) is 15.0. The predicted molar refractivity (Wildman–Crippen MR) is 87.4 cm³/mol. The van der Waals surface area contributed by atoms with Crippen molar-refractivity contribution in [3.05, 3.63) is 28.8 Å². The predicted octanol–water partition coefficient (Wildman–Crippen LogP) is 4.40. The van der Waals surface area contributed by atoms with Crippen LogP contribution < -0.4 is 4.72 Å². The molecular formula is C17H24F3NO2S. The third kappa shape index (κ3) is 4.30. The molecule has 0 heterocycles. The largest absolute Gasteiger partial charge is 0.405 e. The van der Waals surface area contributed by atoms with E-state index in [9.17, 15) is 21.6 Å². The van der Waals surface area contributed by atoms with Crippen LogP contribution in [-0.4, -0.2) is 20.6 Å². The summed E-state index contributed by atoms with van der Waals surface area (Å²) < 4.78 is 67.8. The molecule has 1 aliphatic carbocycles. The maximum atomic E-state index is 13.5. The van der Waals surface area contributed by atoms with E-state index in [1.165, 1.54) is 0 Å². The Balaban J connectivity index is 2.37. The minimum absolute atomic E-state index is 0.0434. The van der Waals surface area contributed by atoms with Crippen LogP contribution in [0.1, 0.15) is 48.8 Å². The lowest BCUT2D eigenvalue weighted by molar-refractivity contribution is -0.165. The van der Waals surface area contributed by atoms with E-state index in [-0.39, 0.29) is 4.90 Å². The first-order chi connectivity index (χ1) is 11.0. The molecule has 3 nitrogen and oxygen atoms in total. The summed E-state index contributed by atoms with van der Waals surface area (Å²) in [5, 5.41) is 0. The molecular weight excluding hydrogens is 339 g/mol. The molecule has 0 bridgehead atoms. The first-order valence-electron chi connectivity index (χ1n) is 8.19. The summed E-state index contributed by atoms with van der Waals surface area (Å²) in [5.74, 6) is -0.695. The summed E-state index contributed by atoms with van der Waals surface area (Å²) in [6, 6.07) is 1.32. The third-order valence-corrected chi connectivity index (χ3v) is 6.38. The monoisotopic (exact) mass is 363 g/mol. The summed E-state index contributed by atoms with van der Waals surface area (Å²) in [7, 11) is -4.24. The number of nitrogens with one attached hydrogen (secondary N) is 1. The van der Waals surface area contributed by atoms with E-state index in [0.29, 0.717) is 36.8 Å². The number of rotatable bonds is 4. The van der Waals surface area contributed by atoms with Gasteiger partial charge in [0.1, 0.15) is 6.04 Å². The molecule has 1 fully saturated rings. The fourth-order valence-electron chi connectivity index (χ4n) is 3.71. The molecule has 1 aromatic rings. The van der Waals surface area contributed by atoms with Crippen LogP contribution in [0, 0.1) is 26.7 Å². The van der Waals surface area contributed by atoms with Crippen LogP contribution in [0.25, 0.3) is 0 Å². The second kappa shape index (κ2) is 7.04. The summed E-state index contributed by atoms with van der Waals surface area (Å²) >= 11 is 0. The maximum absolute atomic E-state index is 13.5. The Kier molecular flexibility index (Phi) is 5.64. The topological polar surface area (TPSA) is 46.2 Å². The van der Waals surface area contributed by atoms with Crippen molar-refractivity contribution in [2.75, 3.05) is 0 Å². The van der Waals surface area contributed by atoms with Gasteiger partial charge in [-0.05, 0) is 50.7 Å². The quantitative estimate of drug-likeness (QED) is 0.862. The fraction of sp³-hybridized carbons (Fsp3) is 0.647. The number of aryl methyl sites for hydroxylation is 3. The molecule has 1 atom stereocenters. The van der Waals surface area contributed by atoms with Gasteiger partial charge in [-0.15, -0.1) is 0 Å². The van der Waals surface area contributed by atoms with Crippen molar-refractivity contribution in [2.24, 2.45) is 5.92 Å². The van der Waals surface area contributed by atoms with Crippen LogP contribution in [0.3, 0.4) is 0 Å². The minimum Gasteiger partial charge on any atom is -0.207 e. The highest BCUT2D eigenvalue weighted by Crippen LogP contribution is 2.36. The summed E-state index contributed by atoms with van der Waals surface area (Å²) in [4.78, 5) is -0.0434. The Morgan fingerprint density at radius 2 is 1.54 bits per heavy atom. The fourth-order valence-corrected chi connectivity index (χ4v) is 5.46. The van der Waals surface area contributed by atoms with Crippen LogP contribution in [0.2, 0.25) is 0 Å². The molecule has 0 saturated heterocycles. The number of benzene rings is 1. The van der Waals surface area contributed by atoms with Gasteiger partial charge < -0.3 is 0 Å². The number of sulfonamides is 1. The van der Waals surface area contributed by atoms with E-state index in [0.717, 1.165) is 12.0 Å². The van der Waals surface area contributed by atoms with Gasteiger partial charge in [0.2, 0.25) is 10.0 Å². The summed E-state index contributed by atoms with van der Waals surface area (Å²) in [6.07, 6.45) is -1.47. The van der Waals surface area contributed by atoms with Crippen LogP contribution in [0.5, 0.6) is 0 Å². The number of alkyl halides is 3. The molecule has 0 amide bonds. The van der Waals surface area contributed by atoms with Gasteiger partial charge in [0.05, 0.1) is 4.90 Å². The number of hydrogen-bond donors (Lipinski definition) is 1. The van der Waals surface area contributed by atoms with Crippen LogP contribution in [-0.2, 0) is 10.0 Å². The first-order valence-corrected chi connectivity index (χ1v) is 9.67. The molecule has 1 aliphatic rings. The van der Waals surface area contributed by atoms with Gasteiger partial charge in [-0.1, -0.05) is 37.0 Å². The van der Waals surface area contributed by atoms with Gasteiger partial charge in [-0.3, -0.25) is 0 Å². The SMILES string of the molecule is Cc1cc(C)c(S(=O)(=O)N[C@@H](C2CCCCC2)C(F)(F)F)c(C)c1. The zero-order valence-electron chi connectivity index (χ0n) is 14.2. The normalized spacial score (nSPS) is 18.6. The van der Waals surface area contributed by atoms with E-state index >= 15 is 0 Å². The minimum atomic E-state index is -4.60. The van der Waals surface area contributed by atoms with Gasteiger partial charge in [0.25, 0.3) is 0 Å². The van der Waals surface area contributed by atoms with Gasteiger partial charge in [-0.25, -0.2) is 8.42 Å². The van der Waals surface area contributed by atoms with Crippen molar-refractivity contribution < 1.29 is 21.6 Å². The van der Waals surface area contributed by atoms with Crippen molar-refractivity contribution in [2.45, 2.75) is 70.0 Å². The number of halogens is 3. The summed E-state index contributed by atoms with van der Waals surface area (Å²) in [5.41, 5.74) is 1.80. The van der Waals surface area contributed by atoms with Gasteiger partial charge >= 0.3 is 6.18 Å². The molecule has 136 valence electrons. The van der Waals surface area contributed by atoms with Gasteiger partial charge in [0.15, 0.2) is 0 Å². The molecule has 1 N–H and O–H groups in total. The molecule has 0 radical (unpaired) electrons. The lowest BCUT2D eigenvalue weighted by Gasteiger charge is -2.32. The Hall–Kier alpha value is -1.08. The molecule has 0 aliphatic heterocycles. The van der Waals surface area contributed by atoms with E-state index in [1.54, 1.807) is 26.0 Å². The summed E-state index contributed by atoms with van der Waals surface area (Å²) in [6.45, 7) is 5.04. The molecule has 0 aromatic heterocycles. The molecule has 7 heteroatoms. The van der Waals surface area contributed by atoms with E-state index < -0.39 is 28.2 Å². The molecule has 2 rings (SSSR count). The Morgan fingerprint density at radius 3 is 2.00 bits per heavy atom. The highest BCUT2D eigenvalue weighted by atomic mass is 32.2. The zero-order chi connectivity index (χ0) is 18.1. The Bertz CT molecular complexity index is 669. The van der Waals surface area contributed by atoms with Crippen LogP contribution in [0.4, 0.5) is 13.2 Å².